The highest BCUT2D eigenvalue weighted by atomic mass is 32.2. The predicted molar refractivity (Wildman–Crippen MR) is 78.2 cm³/mol. The van der Waals surface area contributed by atoms with Gasteiger partial charge in [-0.1, -0.05) is 6.07 Å². The normalized spacial score (nSPS) is 27.6. The van der Waals surface area contributed by atoms with Crippen LogP contribution in [0, 0.1) is 0 Å². The van der Waals surface area contributed by atoms with E-state index in [1.807, 2.05) is 0 Å². The predicted octanol–water partition coefficient (Wildman–Crippen LogP) is 1.23. The quantitative estimate of drug-likeness (QED) is 0.881. The summed E-state index contributed by atoms with van der Waals surface area (Å²) in [5.74, 6) is 0. The van der Waals surface area contributed by atoms with Crippen molar-refractivity contribution >= 4 is 32.8 Å². The Labute approximate surface area is 126 Å². The van der Waals surface area contributed by atoms with Crippen LogP contribution in [0.1, 0.15) is 13.3 Å². The Morgan fingerprint density at radius 1 is 1.52 bits per heavy atom. The molecule has 0 amide bonds. The lowest BCUT2D eigenvalue weighted by molar-refractivity contribution is -0.0228. The summed E-state index contributed by atoms with van der Waals surface area (Å²) in [4.78, 5) is 0.0731. The largest absolute Gasteiger partial charge is 0.386 e. The van der Waals surface area contributed by atoms with Crippen LogP contribution in [0.25, 0.3) is 0 Å². The monoisotopic (exact) mass is 329 g/mol. The van der Waals surface area contributed by atoms with Crippen molar-refractivity contribution in [3.05, 3.63) is 18.2 Å². The van der Waals surface area contributed by atoms with Gasteiger partial charge in [-0.25, -0.2) is 13.1 Å². The third-order valence-electron chi connectivity index (χ3n) is 3.77. The maximum absolute atomic E-state index is 12.4. The van der Waals surface area contributed by atoms with Gasteiger partial charge in [-0.05, 0) is 19.1 Å². The molecule has 2 aliphatic heterocycles. The molecule has 0 aliphatic carbocycles. The minimum Gasteiger partial charge on any atom is -0.386 e. The second-order valence-electron chi connectivity index (χ2n) is 5.08. The van der Waals surface area contributed by atoms with Gasteiger partial charge < -0.3 is 9.84 Å². The molecule has 7 nitrogen and oxygen atoms in total. The van der Waals surface area contributed by atoms with E-state index >= 15 is 0 Å². The van der Waals surface area contributed by atoms with Crippen LogP contribution in [0.4, 0.5) is 11.4 Å². The first kappa shape index (κ1) is 14.8. The Hall–Kier alpha value is -1.13. The maximum atomic E-state index is 12.4. The van der Waals surface area contributed by atoms with E-state index in [9.17, 15) is 13.5 Å². The number of fused-ring (bicyclic) bond motifs is 1. The topological polar surface area (TPSA) is 100 Å². The lowest BCUT2D eigenvalue weighted by Crippen LogP contribution is -2.47. The zero-order valence-electron chi connectivity index (χ0n) is 11.3. The van der Waals surface area contributed by atoms with Gasteiger partial charge >= 0.3 is 0 Å². The first-order valence-electron chi connectivity index (χ1n) is 6.47. The molecule has 114 valence electrons. The Bertz CT molecular complexity index is 743. The minimum atomic E-state index is -3.77. The summed E-state index contributed by atoms with van der Waals surface area (Å²) >= 11 is 0.965. The van der Waals surface area contributed by atoms with Crippen LogP contribution in [0.15, 0.2) is 31.8 Å². The maximum Gasteiger partial charge on any atom is 0.242 e. The first-order chi connectivity index (χ1) is 9.92. The van der Waals surface area contributed by atoms with E-state index in [1.54, 1.807) is 19.1 Å². The average molecular weight is 329 g/mol. The summed E-state index contributed by atoms with van der Waals surface area (Å²) in [6, 6.07) is 4.80. The third-order valence-corrected chi connectivity index (χ3v) is 5.74. The van der Waals surface area contributed by atoms with Crippen LogP contribution in [0.2, 0.25) is 0 Å². The van der Waals surface area contributed by atoms with Crippen LogP contribution in [0.5, 0.6) is 0 Å². The Balaban J connectivity index is 1.83. The molecule has 1 aromatic carbocycles. The van der Waals surface area contributed by atoms with Gasteiger partial charge in [-0.3, -0.25) is 0 Å². The van der Waals surface area contributed by atoms with Gasteiger partial charge in [0.15, 0.2) is 0 Å². The first-order valence-corrected chi connectivity index (χ1v) is 8.69. The van der Waals surface area contributed by atoms with Gasteiger partial charge in [-0.15, -0.1) is 0 Å². The zero-order chi connectivity index (χ0) is 15.1. The number of rotatable bonds is 4. The molecule has 1 fully saturated rings. The van der Waals surface area contributed by atoms with Crippen molar-refractivity contribution in [2.75, 3.05) is 13.2 Å². The molecule has 2 unspecified atom stereocenters. The molecule has 2 atom stereocenters. The fourth-order valence-corrected chi connectivity index (χ4v) is 4.16. The van der Waals surface area contributed by atoms with E-state index in [2.05, 4.69) is 13.4 Å². The van der Waals surface area contributed by atoms with Gasteiger partial charge in [0.1, 0.15) is 21.9 Å². The van der Waals surface area contributed by atoms with Gasteiger partial charge in [0.2, 0.25) is 10.0 Å². The van der Waals surface area contributed by atoms with E-state index in [4.69, 9.17) is 4.74 Å². The Kier molecular flexibility index (Phi) is 3.70. The highest BCUT2D eigenvalue weighted by molar-refractivity contribution is 7.89. The molecule has 0 aromatic heterocycles. The average Bonchev–Trinajstić information content (AvgIpc) is 3.04. The van der Waals surface area contributed by atoms with Gasteiger partial charge in [0, 0.05) is 19.6 Å². The molecule has 2 aliphatic rings. The van der Waals surface area contributed by atoms with Gasteiger partial charge in [-0.2, -0.15) is 8.73 Å². The van der Waals surface area contributed by atoms with Crippen LogP contribution < -0.4 is 4.72 Å². The molecule has 0 saturated carbocycles. The molecule has 2 N–H and O–H groups in total. The second-order valence-corrected chi connectivity index (χ2v) is 7.34. The summed E-state index contributed by atoms with van der Waals surface area (Å²) in [7, 11) is -3.77. The highest BCUT2D eigenvalue weighted by Gasteiger charge is 2.40. The minimum absolute atomic E-state index is 0.0731. The standard InChI is InChI=1S/C12H15N3O4S2/c1-8-12(16,5-6-19-8)7-13-21(17,18)10-4-2-3-9-11(10)15-20-14-9/h2-4,8,13,16H,5-7H2,1H3. The smallest absolute Gasteiger partial charge is 0.242 e. The molecule has 2 heterocycles. The number of hydrogen-bond acceptors (Lipinski definition) is 6. The van der Waals surface area contributed by atoms with E-state index in [1.165, 1.54) is 6.07 Å². The van der Waals surface area contributed by atoms with Gasteiger partial charge in [0.05, 0.1) is 17.5 Å². The summed E-state index contributed by atoms with van der Waals surface area (Å²) in [6.45, 7) is 2.06. The molecule has 0 radical (unpaired) electrons. The SMILES string of the molecule is CC1OCCC1(O)CNS(=O)(=O)c1cccc2c1N=S=N2. The van der Waals surface area contributed by atoms with Crippen LogP contribution in [-0.4, -0.2) is 38.4 Å². The van der Waals surface area contributed by atoms with Crippen molar-refractivity contribution in [1.82, 2.24) is 4.72 Å². The molecular weight excluding hydrogens is 314 g/mol. The summed E-state index contributed by atoms with van der Waals surface area (Å²) in [6.07, 6.45) is -0.00369. The van der Waals surface area contributed by atoms with Crippen molar-refractivity contribution in [2.24, 2.45) is 8.73 Å². The molecule has 1 aromatic rings. The number of nitrogens with one attached hydrogen (secondary N) is 1. The molecule has 9 heteroatoms. The molecule has 0 bridgehead atoms. The van der Waals surface area contributed by atoms with E-state index in [0.29, 0.717) is 24.4 Å². The Morgan fingerprint density at radius 3 is 3.05 bits per heavy atom. The fourth-order valence-electron chi connectivity index (χ4n) is 2.30. The number of aliphatic hydroxyl groups is 1. The van der Waals surface area contributed by atoms with E-state index in [-0.39, 0.29) is 11.4 Å². The summed E-state index contributed by atoms with van der Waals surface area (Å²) in [5, 5.41) is 10.4. The van der Waals surface area contributed by atoms with E-state index in [0.717, 1.165) is 11.4 Å². The summed E-state index contributed by atoms with van der Waals surface area (Å²) < 4.78 is 40.6. The molecular formula is C12H15N3O4S2. The molecule has 21 heavy (non-hydrogen) atoms. The van der Waals surface area contributed by atoms with Crippen molar-refractivity contribution in [1.29, 1.82) is 0 Å². The molecule has 1 saturated heterocycles. The third kappa shape index (κ3) is 2.67. The molecule has 3 rings (SSSR count). The van der Waals surface area contributed by atoms with Crippen LogP contribution in [0.3, 0.4) is 0 Å². The number of benzene rings is 1. The van der Waals surface area contributed by atoms with Crippen molar-refractivity contribution < 1.29 is 18.3 Å². The van der Waals surface area contributed by atoms with Crippen molar-refractivity contribution in [3.8, 4) is 0 Å². The van der Waals surface area contributed by atoms with Crippen molar-refractivity contribution in [2.45, 2.75) is 29.9 Å². The number of hydrogen-bond donors (Lipinski definition) is 2. The van der Waals surface area contributed by atoms with Crippen molar-refractivity contribution in [3.63, 3.8) is 0 Å². The lowest BCUT2D eigenvalue weighted by Gasteiger charge is -2.26. The number of sulfonamides is 1. The van der Waals surface area contributed by atoms with E-state index < -0.39 is 21.7 Å². The van der Waals surface area contributed by atoms with Crippen LogP contribution >= 0.6 is 0 Å². The molecule has 0 spiro atoms. The summed E-state index contributed by atoms with van der Waals surface area (Å²) in [5.41, 5.74) is -0.293. The fraction of sp³-hybridized carbons (Fsp3) is 0.500. The highest BCUT2D eigenvalue weighted by Crippen LogP contribution is 2.37. The number of nitrogens with zero attached hydrogens (tertiary/aromatic N) is 2. The zero-order valence-corrected chi connectivity index (χ0v) is 12.9. The number of ether oxygens (including phenoxy) is 1. The Morgan fingerprint density at radius 2 is 2.33 bits per heavy atom. The van der Waals surface area contributed by atoms with Gasteiger partial charge in [0.25, 0.3) is 0 Å². The second kappa shape index (κ2) is 5.25. The lowest BCUT2D eigenvalue weighted by atomic mass is 9.97. The van der Waals surface area contributed by atoms with Crippen LogP contribution in [-0.2, 0) is 26.1 Å².